The van der Waals surface area contributed by atoms with Crippen LogP contribution in [0.25, 0.3) is 21.9 Å². The molecular formula is C30H28O. The monoisotopic (exact) mass is 404 g/mol. The molecule has 31 heavy (non-hydrogen) atoms. The van der Waals surface area contributed by atoms with Gasteiger partial charge in [0.2, 0.25) is 0 Å². The second kappa shape index (κ2) is 10.0. The Morgan fingerprint density at radius 3 is 1.94 bits per heavy atom. The van der Waals surface area contributed by atoms with Crippen LogP contribution in [0, 0.1) is 11.8 Å². The maximum Gasteiger partial charge on any atom is 0.119 e. The molecule has 1 heteroatoms. The first-order chi connectivity index (χ1) is 15.2. The number of hydrogen-bond donors (Lipinski definition) is 0. The molecule has 0 aliphatic rings. The van der Waals surface area contributed by atoms with Crippen LogP contribution in [0.3, 0.4) is 0 Å². The van der Waals surface area contributed by atoms with Gasteiger partial charge in [-0.05, 0) is 76.7 Å². The zero-order chi connectivity index (χ0) is 21.5. The minimum Gasteiger partial charge on any atom is -0.494 e. The van der Waals surface area contributed by atoms with Crippen LogP contribution < -0.4 is 4.74 Å². The van der Waals surface area contributed by atoms with Crippen LogP contribution in [0.2, 0.25) is 0 Å². The number of ether oxygens (including phenoxy) is 1. The third-order valence-corrected chi connectivity index (χ3v) is 5.35. The zero-order valence-corrected chi connectivity index (χ0v) is 18.3. The van der Waals surface area contributed by atoms with Crippen molar-refractivity contribution in [1.29, 1.82) is 0 Å². The van der Waals surface area contributed by atoms with Crippen LogP contribution >= 0.6 is 0 Å². The summed E-state index contributed by atoms with van der Waals surface area (Å²) < 4.78 is 5.73. The number of aryl methyl sites for hydroxylation is 1. The van der Waals surface area contributed by atoms with Gasteiger partial charge >= 0.3 is 0 Å². The van der Waals surface area contributed by atoms with Crippen molar-refractivity contribution in [2.75, 3.05) is 6.61 Å². The maximum absolute atomic E-state index is 5.73. The molecule has 0 radical (unpaired) electrons. The average molecular weight is 405 g/mol. The number of benzene rings is 4. The molecule has 0 aliphatic heterocycles. The van der Waals surface area contributed by atoms with E-state index in [1.165, 1.54) is 33.9 Å². The average Bonchev–Trinajstić information content (AvgIpc) is 2.82. The highest BCUT2D eigenvalue weighted by Crippen LogP contribution is 2.23. The summed E-state index contributed by atoms with van der Waals surface area (Å²) >= 11 is 0. The van der Waals surface area contributed by atoms with Crippen molar-refractivity contribution in [2.45, 2.75) is 33.1 Å². The molecule has 4 aromatic rings. The van der Waals surface area contributed by atoms with Gasteiger partial charge in [-0.2, -0.15) is 0 Å². The fourth-order valence-electron chi connectivity index (χ4n) is 3.65. The highest BCUT2D eigenvalue weighted by atomic mass is 16.5. The minimum absolute atomic E-state index is 0.748. The standard InChI is InChI=1S/C30H28O/c1-3-5-23-8-13-26(14-9-23)27-15-10-24(11-16-27)6-7-25-12-17-29-22-30(31-20-4-2)19-18-28(29)21-25/h8-19,21-22H,3-5,20H2,1-2H3. The first kappa shape index (κ1) is 20.8. The van der Waals surface area contributed by atoms with Gasteiger partial charge in [0.05, 0.1) is 6.61 Å². The quantitative estimate of drug-likeness (QED) is 0.300. The summed E-state index contributed by atoms with van der Waals surface area (Å²) in [4.78, 5) is 0. The molecule has 0 aromatic heterocycles. The van der Waals surface area contributed by atoms with E-state index in [0.717, 1.165) is 36.3 Å². The topological polar surface area (TPSA) is 9.23 Å². The maximum atomic E-state index is 5.73. The molecule has 0 saturated heterocycles. The van der Waals surface area contributed by atoms with Crippen molar-refractivity contribution < 1.29 is 4.74 Å². The molecule has 0 unspecified atom stereocenters. The predicted molar refractivity (Wildman–Crippen MR) is 132 cm³/mol. The first-order valence-corrected chi connectivity index (χ1v) is 11.1. The summed E-state index contributed by atoms with van der Waals surface area (Å²) in [6, 6.07) is 29.9. The van der Waals surface area contributed by atoms with E-state index in [-0.39, 0.29) is 0 Å². The Balaban J connectivity index is 1.48. The molecule has 0 amide bonds. The van der Waals surface area contributed by atoms with E-state index in [9.17, 15) is 0 Å². The Kier molecular flexibility index (Phi) is 6.70. The molecule has 0 bridgehead atoms. The lowest BCUT2D eigenvalue weighted by Crippen LogP contribution is -1.94. The highest BCUT2D eigenvalue weighted by molar-refractivity contribution is 5.85. The molecule has 4 aromatic carbocycles. The summed E-state index contributed by atoms with van der Waals surface area (Å²) in [5, 5.41) is 2.35. The first-order valence-electron chi connectivity index (χ1n) is 11.1. The van der Waals surface area contributed by atoms with Gasteiger partial charge in [-0.25, -0.2) is 0 Å². The molecule has 1 nitrogen and oxygen atoms in total. The van der Waals surface area contributed by atoms with Gasteiger partial charge in [-0.1, -0.05) is 80.6 Å². The van der Waals surface area contributed by atoms with Crippen LogP contribution in [0.4, 0.5) is 0 Å². The van der Waals surface area contributed by atoms with Crippen molar-refractivity contribution in [3.8, 4) is 28.7 Å². The molecule has 0 N–H and O–H groups in total. The lowest BCUT2D eigenvalue weighted by atomic mass is 10.0. The molecular weight excluding hydrogens is 376 g/mol. The second-order valence-corrected chi connectivity index (χ2v) is 7.85. The Labute approximate surface area is 185 Å². The van der Waals surface area contributed by atoms with Gasteiger partial charge in [-0.15, -0.1) is 0 Å². The molecule has 0 aliphatic carbocycles. The fraction of sp³-hybridized carbons (Fsp3) is 0.200. The molecule has 0 spiro atoms. The van der Waals surface area contributed by atoms with E-state index in [1.54, 1.807) is 0 Å². The minimum atomic E-state index is 0.748. The third kappa shape index (κ3) is 5.36. The lowest BCUT2D eigenvalue weighted by molar-refractivity contribution is 0.318. The molecule has 0 saturated carbocycles. The smallest absolute Gasteiger partial charge is 0.119 e. The number of rotatable bonds is 6. The Hall–Kier alpha value is -3.50. The predicted octanol–water partition coefficient (Wildman–Crippen LogP) is 7.65. The highest BCUT2D eigenvalue weighted by Gasteiger charge is 2.00. The Morgan fingerprint density at radius 1 is 0.613 bits per heavy atom. The van der Waals surface area contributed by atoms with Crippen LogP contribution in [-0.2, 0) is 6.42 Å². The molecule has 0 fully saturated rings. The van der Waals surface area contributed by atoms with Gasteiger partial charge in [0.25, 0.3) is 0 Å². The van der Waals surface area contributed by atoms with Crippen LogP contribution in [-0.4, -0.2) is 6.61 Å². The van der Waals surface area contributed by atoms with Crippen LogP contribution in [0.1, 0.15) is 43.4 Å². The lowest BCUT2D eigenvalue weighted by Gasteiger charge is -2.06. The van der Waals surface area contributed by atoms with Crippen molar-refractivity contribution in [2.24, 2.45) is 0 Å². The van der Waals surface area contributed by atoms with E-state index in [0.29, 0.717) is 0 Å². The van der Waals surface area contributed by atoms with Gasteiger partial charge in [-0.3, -0.25) is 0 Å². The van der Waals surface area contributed by atoms with Crippen LogP contribution in [0.15, 0.2) is 84.9 Å². The van der Waals surface area contributed by atoms with Gasteiger partial charge in [0.1, 0.15) is 5.75 Å². The normalized spacial score (nSPS) is 10.5. The summed E-state index contributed by atoms with van der Waals surface area (Å²) in [6.07, 6.45) is 3.33. The summed E-state index contributed by atoms with van der Waals surface area (Å²) in [7, 11) is 0. The van der Waals surface area contributed by atoms with Crippen LogP contribution in [0.5, 0.6) is 5.75 Å². The second-order valence-electron chi connectivity index (χ2n) is 7.85. The van der Waals surface area contributed by atoms with Crippen molar-refractivity contribution >= 4 is 10.8 Å². The zero-order valence-electron chi connectivity index (χ0n) is 18.3. The largest absolute Gasteiger partial charge is 0.494 e. The Morgan fingerprint density at radius 2 is 1.23 bits per heavy atom. The Bertz CT molecular complexity index is 1210. The van der Waals surface area contributed by atoms with Gasteiger partial charge < -0.3 is 4.74 Å². The summed E-state index contributed by atoms with van der Waals surface area (Å²) in [6.45, 7) is 5.08. The van der Waals surface area contributed by atoms with Crippen molar-refractivity contribution in [3.63, 3.8) is 0 Å². The molecule has 4 rings (SSSR count). The fourth-order valence-corrected chi connectivity index (χ4v) is 3.65. The number of hydrogen-bond acceptors (Lipinski definition) is 1. The SMILES string of the molecule is CCCOc1ccc2cc(C#Cc3ccc(-c4ccc(CCC)cc4)cc3)ccc2c1. The van der Waals surface area contributed by atoms with Gasteiger partial charge in [0, 0.05) is 11.1 Å². The van der Waals surface area contributed by atoms with E-state index in [4.69, 9.17) is 4.74 Å². The summed E-state index contributed by atoms with van der Waals surface area (Å²) in [5.74, 6) is 7.52. The molecule has 0 heterocycles. The number of fused-ring (bicyclic) bond motifs is 1. The summed E-state index contributed by atoms with van der Waals surface area (Å²) in [5.41, 5.74) is 5.91. The van der Waals surface area contributed by atoms with Crippen molar-refractivity contribution in [3.05, 3.63) is 102 Å². The van der Waals surface area contributed by atoms with Crippen molar-refractivity contribution in [1.82, 2.24) is 0 Å². The van der Waals surface area contributed by atoms with Gasteiger partial charge in [0.15, 0.2) is 0 Å². The molecule has 154 valence electrons. The van der Waals surface area contributed by atoms with E-state index >= 15 is 0 Å². The third-order valence-electron chi connectivity index (χ3n) is 5.35. The molecule has 0 atom stereocenters. The van der Waals surface area contributed by atoms with E-state index in [1.807, 2.05) is 6.07 Å². The van der Waals surface area contributed by atoms with E-state index in [2.05, 4.69) is 105 Å². The van der Waals surface area contributed by atoms with E-state index < -0.39 is 0 Å².